The Kier molecular flexibility index (Phi) is 5.37. The first-order valence-corrected chi connectivity index (χ1v) is 8.63. The van der Waals surface area contributed by atoms with E-state index in [1.165, 1.54) is 11.0 Å². The van der Waals surface area contributed by atoms with Gasteiger partial charge in [0.25, 0.3) is 0 Å². The van der Waals surface area contributed by atoms with Gasteiger partial charge in [0.05, 0.1) is 11.0 Å². The first-order valence-electron chi connectivity index (χ1n) is 8.63. The maximum absolute atomic E-state index is 12.5. The van der Waals surface area contributed by atoms with Crippen LogP contribution >= 0.6 is 0 Å². The molecule has 3 rings (SSSR count). The lowest BCUT2D eigenvalue weighted by molar-refractivity contribution is -0.126. The van der Waals surface area contributed by atoms with Crippen LogP contribution in [0.5, 0.6) is 0 Å². The summed E-state index contributed by atoms with van der Waals surface area (Å²) in [6.45, 7) is 4.67. The summed E-state index contributed by atoms with van der Waals surface area (Å²) in [5, 5.41) is 14.2. The third-order valence-electron chi connectivity index (χ3n) is 4.43. The zero-order valence-electron chi connectivity index (χ0n) is 14.5. The number of tetrazole rings is 1. The van der Waals surface area contributed by atoms with Gasteiger partial charge in [-0.15, -0.1) is 5.10 Å². The molecule has 0 unspecified atom stereocenters. The molecule has 0 spiro atoms. The number of imidazole rings is 1. The second kappa shape index (κ2) is 7.87. The minimum Gasteiger partial charge on any atom is -0.354 e. The van der Waals surface area contributed by atoms with E-state index in [0.29, 0.717) is 6.54 Å². The third kappa shape index (κ3) is 4.01. The first-order chi connectivity index (χ1) is 12.2. The van der Waals surface area contributed by atoms with Gasteiger partial charge in [-0.1, -0.05) is 32.4 Å². The Labute approximate surface area is 146 Å². The standard InChI is InChI=1S/C17H23N7O/c1-3-12(2)16(24-11-19-22-23-24)17(25)18-10-6-9-15-20-13-7-4-5-8-14(13)21-15/h4-5,7-8,11-12,16H,3,6,9-10H2,1-2H3,(H,18,25)(H,20,21)/t12-,16-/m0/s1. The number of nitrogens with one attached hydrogen (secondary N) is 2. The Morgan fingerprint density at radius 2 is 2.20 bits per heavy atom. The summed E-state index contributed by atoms with van der Waals surface area (Å²) in [7, 11) is 0. The van der Waals surface area contributed by atoms with Gasteiger partial charge >= 0.3 is 0 Å². The van der Waals surface area contributed by atoms with Crippen molar-refractivity contribution in [3.63, 3.8) is 0 Å². The van der Waals surface area contributed by atoms with Gasteiger partial charge in [-0.2, -0.15) is 0 Å². The number of carbonyl (C=O) groups excluding carboxylic acids is 1. The lowest BCUT2D eigenvalue weighted by atomic mass is 9.98. The molecule has 0 aliphatic rings. The largest absolute Gasteiger partial charge is 0.354 e. The van der Waals surface area contributed by atoms with E-state index in [9.17, 15) is 4.79 Å². The number of rotatable bonds is 8. The fraction of sp³-hybridized carbons (Fsp3) is 0.471. The van der Waals surface area contributed by atoms with Crippen LogP contribution in [0.15, 0.2) is 30.6 Å². The first kappa shape index (κ1) is 17.1. The molecule has 0 radical (unpaired) electrons. The Morgan fingerprint density at radius 1 is 1.36 bits per heavy atom. The molecule has 0 bridgehead atoms. The number of benzene rings is 1. The average molecular weight is 341 g/mol. The number of aromatic nitrogens is 6. The molecule has 0 saturated carbocycles. The van der Waals surface area contributed by atoms with Crippen molar-refractivity contribution >= 4 is 16.9 Å². The number of aryl methyl sites for hydroxylation is 1. The zero-order chi connectivity index (χ0) is 17.6. The lowest BCUT2D eigenvalue weighted by Gasteiger charge is -2.21. The number of hydrogen-bond acceptors (Lipinski definition) is 5. The van der Waals surface area contributed by atoms with Crippen LogP contribution in [0.2, 0.25) is 0 Å². The minimum atomic E-state index is -0.383. The van der Waals surface area contributed by atoms with E-state index in [2.05, 4.69) is 37.7 Å². The number of carbonyl (C=O) groups is 1. The molecule has 2 atom stereocenters. The van der Waals surface area contributed by atoms with Gasteiger partial charge in [-0.3, -0.25) is 4.79 Å². The van der Waals surface area contributed by atoms with Gasteiger partial charge in [-0.05, 0) is 34.9 Å². The Hall–Kier alpha value is -2.77. The molecule has 2 heterocycles. The van der Waals surface area contributed by atoms with Gasteiger partial charge in [0, 0.05) is 13.0 Å². The second-order valence-electron chi connectivity index (χ2n) is 6.22. The number of aromatic amines is 1. The molecule has 8 nitrogen and oxygen atoms in total. The molecule has 2 aromatic heterocycles. The molecule has 132 valence electrons. The van der Waals surface area contributed by atoms with E-state index < -0.39 is 0 Å². The van der Waals surface area contributed by atoms with Gasteiger partial charge in [0.15, 0.2) is 0 Å². The normalized spacial score (nSPS) is 13.7. The fourth-order valence-corrected chi connectivity index (χ4v) is 2.85. The molecule has 1 aromatic carbocycles. The van der Waals surface area contributed by atoms with Crippen molar-refractivity contribution in [3.8, 4) is 0 Å². The summed E-state index contributed by atoms with van der Waals surface area (Å²) in [4.78, 5) is 20.4. The maximum atomic E-state index is 12.5. The van der Waals surface area contributed by atoms with Crippen LogP contribution in [-0.4, -0.2) is 42.6 Å². The van der Waals surface area contributed by atoms with Crippen molar-refractivity contribution in [2.45, 2.75) is 39.2 Å². The van der Waals surface area contributed by atoms with Crippen LogP contribution in [0.1, 0.15) is 38.6 Å². The second-order valence-corrected chi connectivity index (χ2v) is 6.22. The molecule has 1 amide bonds. The van der Waals surface area contributed by atoms with Gasteiger partial charge in [0.2, 0.25) is 5.91 Å². The van der Waals surface area contributed by atoms with E-state index in [0.717, 1.165) is 36.1 Å². The highest BCUT2D eigenvalue weighted by molar-refractivity contribution is 5.80. The van der Waals surface area contributed by atoms with Crippen molar-refractivity contribution in [3.05, 3.63) is 36.4 Å². The molecule has 0 saturated heterocycles. The van der Waals surface area contributed by atoms with E-state index >= 15 is 0 Å². The molecule has 3 aromatic rings. The number of fused-ring (bicyclic) bond motifs is 1. The smallest absolute Gasteiger partial charge is 0.245 e. The average Bonchev–Trinajstić information content (AvgIpc) is 3.28. The van der Waals surface area contributed by atoms with Gasteiger partial charge in [0.1, 0.15) is 18.2 Å². The summed E-state index contributed by atoms with van der Waals surface area (Å²) in [6.07, 6.45) is 3.96. The minimum absolute atomic E-state index is 0.0498. The highest BCUT2D eigenvalue weighted by atomic mass is 16.2. The van der Waals surface area contributed by atoms with E-state index in [1.54, 1.807) is 0 Å². The van der Waals surface area contributed by atoms with E-state index in [1.807, 2.05) is 31.2 Å². The van der Waals surface area contributed by atoms with Crippen LogP contribution in [0.4, 0.5) is 0 Å². The summed E-state index contributed by atoms with van der Waals surface area (Å²) in [5.74, 6) is 1.04. The van der Waals surface area contributed by atoms with Crippen molar-refractivity contribution in [2.24, 2.45) is 5.92 Å². The molecule has 8 heteroatoms. The lowest BCUT2D eigenvalue weighted by Crippen LogP contribution is -2.37. The van der Waals surface area contributed by atoms with Crippen LogP contribution in [0, 0.1) is 5.92 Å². The summed E-state index contributed by atoms with van der Waals surface area (Å²) in [5.41, 5.74) is 2.01. The highest BCUT2D eigenvalue weighted by Crippen LogP contribution is 2.19. The molecule has 0 fully saturated rings. The number of para-hydroxylation sites is 2. The third-order valence-corrected chi connectivity index (χ3v) is 4.43. The van der Waals surface area contributed by atoms with Crippen molar-refractivity contribution in [2.75, 3.05) is 6.54 Å². The number of hydrogen-bond donors (Lipinski definition) is 2. The number of nitrogens with zero attached hydrogens (tertiary/aromatic N) is 5. The van der Waals surface area contributed by atoms with Crippen molar-refractivity contribution in [1.29, 1.82) is 0 Å². The van der Waals surface area contributed by atoms with Crippen molar-refractivity contribution < 1.29 is 4.79 Å². The Morgan fingerprint density at radius 3 is 2.92 bits per heavy atom. The van der Waals surface area contributed by atoms with Crippen molar-refractivity contribution in [1.82, 2.24) is 35.5 Å². The zero-order valence-corrected chi connectivity index (χ0v) is 14.5. The topological polar surface area (TPSA) is 101 Å². The monoisotopic (exact) mass is 341 g/mol. The van der Waals surface area contributed by atoms with Gasteiger partial charge < -0.3 is 10.3 Å². The predicted octanol–water partition coefficient (Wildman–Crippen LogP) is 1.89. The fourth-order valence-electron chi connectivity index (χ4n) is 2.85. The summed E-state index contributed by atoms with van der Waals surface area (Å²) >= 11 is 0. The summed E-state index contributed by atoms with van der Waals surface area (Å²) < 4.78 is 1.53. The molecule has 0 aliphatic heterocycles. The number of H-pyrrole nitrogens is 1. The van der Waals surface area contributed by atoms with Crippen LogP contribution in [0.25, 0.3) is 11.0 Å². The SMILES string of the molecule is CC[C@H](C)[C@@H](C(=O)NCCCc1nc2ccccc2[nH]1)n1cnnn1. The Balaban J connectivity index is 1.52. The quantitative estimate of drug-likeness (QED) is 0.609. The molecular formula is C17H23N7O. The molecule has 0 aliphatic carbocycles. The van der Waals surface area contributed by atoms with E-state index in [4.69, 9.17) is 0 Å². The van der Waals surface area contributed by atoms with Gasteiger partial charge in [-0.25, -0.2) is 9.67 Å². The maximum Gasteiger partial charge on any atom is 0.245 e. The highest BCUT2D eigenvalue weighted by Gasteiger charge is 2.26. The number of amides is 1. The Bertz CT molecular complexity index is 778. The van der Waals surface area contributed by atoms with Crippen LogP contribution in [-0.2, 0) is 11.2 Å². The summed E-state index contributed by atoms with van der Waals surface area (Å²) in [6, 6.07) is 7.57. The van der Waals surface area contributed by atoms with E-state index in [-0.39, 0.29) is 17.9 Å². The molecular weight excluding hydrogens is 318 g/mol. The van der Waals surface area contributed by atoms with Crippen LogP contribution < -0.4 is 5.32 Å². The predicted molar refractivity (Wildman–Crippen MR) is 93.7 cm³/mol. The molecule has 25 heavy (non-hydrogen) atoms. The van der Waals surface area contributed by atoms with Crippen LogP contribution in [0.3, 0.4) is 0 Å². The molecule has 2 N–H and O–H groups in total.